The molecule has 0 unspecified atom stereocenters. The van der Waals surface area contributed by atoms with Gasteiger partial charge in [0.05, 0.1) is 18.8 Å². The molecule has 4 aromatic heterocycles. The van der Waals surface area contributed by atoms with E-state index < -0.39 is 0 Å². The van der Waals surface area contributed by atoms with E-state index in [0.29, 0.717) is 29.2 Å². The van der Waals surface area contributed by atoms with Crippen LogP contribution in [-0.2, 0) is 19.6 Å². The molecule has 0 spiro atoms. The predicted octanol–water partition coefficient (Wildman–Crippen LogP) is 4.52. The number of hydrogen-bond acceptors (Lipinski definition) is 7. The number of hydrogen-bond donors (Lipinski definition) is 3. The highest BCUT2D eigenvalue weighted by molar-refractivity contribution is 5.81. The van der Waals surface area contributed by atoms with Gasteiger partial charge in [-0.2, -0.15) is 5.21 Å². The lowest BCUT2D eigenvalue weighted by Crippen LogP contribution is -2.07. The van der Waals surface area contributed by atoms with Crippen LogP contribution in [-0.4, -0.2) is 45.2 Å². The Labute approximate surface area is 229 Å². The number of nitrogens with zero attached hydrogens (tertiary/aromatic N) is 6. The van der Waals surface area contributed by atoms with Crippen molar-refractivity contribution in [2.45, 2.75) is 39.3 Å². The van der Waals surface area contributed by atoms with Gasteiger partial charge < -0.3 is 14.7 Å². The lowest BCUT2D eigenvalue weighted by atomic mass is 9.98. The summed E-state index contributed by atoms with van der Waals surface area (Å²) in [6.45, 7) is 2.50. The second-order valence-corrected chi connectivity index (χ2v) is 9.62. The first-order chi connectivity index (χ1) is 19.6. The number of nitrogens with one attached hydrogen (secondary N) is 2. The fourth-order valence-corrected chi connectivity index (χ4v) is 4.98. The zero-order valence-electron chi connectivity index (χ0n) is 22.0. The molecular formula is C30H28N8O2. The smallest absolute Gasteiger partial charge is 0.248 e. The minimum absolute atomic E-state index is 0.209. The van der Waals surface area contributed by atoms with Crippen molar-refractivity contribution < 1.29 is 5.11 Å². The molecule has 0 aliphatic heterocycles. The van der Waals surface area contributed by atoms with Gasteiger partial charge in [0, 0.05) is 29.8 Å². The van der Waals surface area contributed by atoms with E-state index in [2.05, 4.69) is 61.4 Å². The highest BCUT2D eigenvalue weighted by Crippen LogP contribution is 2.31. The maximum absolute atomic E-state index is 11.9. The van der Waals surface area contributed by atoms with Crippen LogP contribution in [0.5, 0.6) is 0 Å². The van der Waals surface area contributed by atoms with Crippen LogP contribution >= 0.6 is 0 Å². The quantitative estimate of drug-likeness (QED) is 0.249. The predicted molar refractivity (Wildman–Crippen MR) is 152 cm³/mol. The third-order valence-electron chi connectivity index (χ3n) is 6.99. The average molecular weight is 533 g/mol. The van der Waals surface area contributed by atoms with Crippen molar-refractivity contribution in [1.29, 1.82) is 0 Å². The maximum Gasteiger partial charge on any atom is 0.248 e. The van der Waals surface area contributed by atoms with Crippen molar-refractivity contribution in [2.24, 2.45) is 0 Å². The molecule has 0 amide bonds. The monoisotopic (exact) mass is 532 g/mol. The van der Waals surface area contributed by atoms with Crippen LogP contribution in [0.2, 0.25) is 0 Å². The molecule has 0 saturated carbocycles. The minimum Gasteiger partial charge on any atom is -0.390 e. The van der Waals surface area contributed by atoms with Crippen molar-refractivity contribution in [3.05, 3.63) is 100 Å². The molecule has 0 radical (unpaired) electrons. The summed E-state index contributed by atoms with van der Waals surface area (Å²) in [5.41, 5.74) is 7.24. The number of aromatic amines is 2. The summed E-state index contributed by atoms with van der Waals surface area (Å²) in [6.07, 6.45) is 4.46. The van der Waals surface area contributed by atoms with E-state index in [0.717, 1.165) is 58.5 Å². The molecule has 0 fully saturated rings. The van der Waals surface area contributed by atoms with Crippen molar-refractivity contribution in [3.63, 3.8) is 0 Å². The Hall–Kier alpha value is -4.96. The van der Waals surface area contributed by atoms with Gasteiger partial charge in [0.15, 0.2) is 5.65 Å². The van der Waals surface area contributed by atoms with Gasteiger partial charge in [-0.25, -0.2) is 9.97 Å². The number of H-pyrrole nitrogens is 2. The first kappa shape index (κ1) is 25.3. The summed E-state index contributed by atoms with van der Waals surface area (Å²) in [5.74, 6) is 1.50. The molecule has 0 saturated heterocycles. The number of pyridine rings is 2. The third-order valence-corrected chi connectivity index (χ3v) is 6.99. The summed E-state index contributed by atoms with van der Waals surface area (Å²) in [5, 5.41) is 24.7. The number of tetrazole rings is 1. The van der Waals surface area contributed by atoms with E-state index in [1.165, 1.54) is 6.07 Å². The first-order valence-electron chi connectivity index (χ1n) is 13.3. The number of imidazole rings is 1. The lowest BCUT2D eigenvalue weighted by Gasteiger charge is -2.12. The van der Waals surface area contributed by atoms with Gasteiger partial charge >= 0.3 is 0 Å². The number of aliphatic hydroxyl groups excluding tert-OH is 1. The molecule has 6 rings (SSSR count). The molecule has 0 bridgehead atoms. The Morgan fingerprint density at radius 2 is 1.75 bits per heavy atom. The van der Waals surface area contributed by atoms with Gasteiger partial charge in [-0.05, 0) is 46.0 Å². The second kappa shape index (κ2) is 11.0. The van der Waals surface area contributed by atoms with E-state index in [1.807, 2.05) is 30.3 Å². The molecule has 10 nitrogen and oxygen atoms in total. The number of benzene rings is 2. The van der Waals surface area contributed by atoms with Gasteiger partial charge in [-0.1, -0.05) is 61.9 Å². The average Bonchev–Trinajstić information content (AvgIpc) is 3.64. The Morgan fingerprint density at radius 1 is 0.925 bits per heavy atom. The second-order valence-electron chi connectivity index (χ2n) is 9.62. The molecule has 6 aromatic rings. The van der Waals surface area contributed by atoms with E-state index in [1.54, 1.807) is 12.3 Å². The van der Waals surface area contributed by atoms with Gasteiger partial charge in [-0.3, -0.25) is 4.79 Å². The summed E-state index contributed by atoms with van der Waals surface area (Å²) in [6, 6.07) is 21.6. The molecule has 200 valence electrons. The maximum atomic E-state index is 11.9. The van der Waals surface area contributed by atoms with Crippen molar-refractivity contribution >= 4 is 11.2 Å². The summed E-state index contributed by atoms with van der Waals surface area (Å²) >= 11 is 0. The summed E-state index contributed by atoms with van der Waals surface area (Å²) in [4.78, 5) is 24.4. The fourth-order valence-electron chi connectivity index (χ4n) is 4.98. The Kier molecular flexibility index (Phi) is 6.98. The highest BCUT2D eigenvalue weighted by Gasteiger charge is 2.17. The van der Waals surface area contributed by atoms with Gasteiger partial charge in [0.25, 0.3) is 0 Å². The molecule has 0 atom stereocenters. The molecular weight excluding hydrogens is 504 g/mol. The van der Waals surface area contributed by atoms with Crippen LogP contribution in [0.15, 0.2) is 77.7 Å². The van der Waals surface area contributed by atoms with Crippen LogP contribution in [0.4, 0.5) is 0 Å². The molecule has 0 aliphatic rings. The molecule has 10 heteroatoms. The van der Waals surface area contributed by atoms with E-state index >= 15 is 0 Å². The van der Waals surface area contributed by atoms with Gasteiger partial charge in [-0.15, -0.1) is 10.2 Å². The van der Waals surface area contributed by atoms with Crippen molar-refractivity contribution in [2.75, 3.05) is 0 Å². The summed E-state index contributed by atoms with van der Waals surface area (Å²) < 4.78 is 2.13. The Balaban J connectivity index is 1.38. The van der Waals surface area contributed by atoms with Crippen molar-refractivity contribution in [1.82, 2.24) is 40.1 Å². The van der Waals surface area contributed by atoms with E-state index in [4.69, 9.17) is 9.97 Å². The normalized spacial score (nSPS) is 11.3. The van der Waals surface area contributed by atoms with Crippen LogP contribution in [0.1, 0.15) is 36.8 Å². The van der Waals surface area contributed by atoms with Gasteiger partial charge in [0.2, 0.25) is 11.4 Å². The number of fused-ring (bicyclic) bond motifs is 1. The van der Waals surface area contributed by atoms with Crippen LogP contribution in [0, 0.1) is 0 Å². The van der Waals surface area contributed by atoms with Crippen LogP contribution in [0.25, 0.3) is 44.8 Å². The molecule has 4 heterocycles. The Morgan fingerprint density at radius 3 is 2.48 bits per heavy atom. The minimum atomic E-state index is -0.248. The SMILES string of the molecule is CCCCc1nc2cc(-c3cc[nH]c(=O)c3)c(CO)nc2n1Cc1ccc(-c2ccccc2-c2nn[nH]n2)cc1. The standard InChI is InChI=1S/C30H28N8O2/c1-2-3-8-27-32-25-16-24(21-13-14-31-28(40)15-21)26(18-39)33-30(25)38(27)17-19-9-11-20(12-10-19)22-6-4-5-7-23(22)29-34-36-37-35-29/h4-7,9-16,39H,2-3,8,17-18H2,1H3,(H,31,40)(H,34,35,36,37). The molecule has 3 N–H and O–H groups in total. The zero-order valence-corrected chi connectivity index (χ0v) is 22.0. The Bertz CT molecular complexity index is 1820. The number of aryl methyl sites for hydroxylation is 1. The third kappa shape index (κ3) is 4.92. The molecule has 0 aliphatic carbocycles. The molecule has 2 aromatic carbocycles. The van der Waals surface area contributed by atoms with Crippen molar-refractivity contribution in [3.8, 4) is 33.6 Å². The summed E-state index contributed by atoms with van der Waals surface area (Å²) in [7, 11) is 0. The van der Waals surface area contributed by atoms with Crippen LogP contribution < -0.4 is 5.56 Å². The topological polar surface area (TPSA) is 138 Å². The lowest BCUT2D eigenvalue weighted by molar-refractivity contribution is 0.278. The number of aliphatic hydroxyl groups is 1. The fraction of sp³-hybridized carbons (Fsp3) is 0.200. The van der Waals surface area contributed by atoms with Crippen LogP contribution in [0.3, 0.4) is 0 Å². The number of rotatable bonds is 9. The highest BCUT2D eigenvalue weighted by atomic mass is 16.3. The zero-order chi connectivity index (χ0) is 27.5. The largest absolute Gasteiger partial charge is 0.390 e. The van der Waals surface area contributed by atoms with E-state index in [-0.39, 0.29) is 12.2 Å². The first-order valence-corrected chi connectivity index (χ1v) is 13.3. The molecule has 40 heavy (non-hydrogen) atoms. The number of unbranched alkanes of at least 4 members (excludes halogenated alkanes) is 1. The number of aromatic nitrogens is 8. The van der Waals surface area contributed by atoms with E-state index in [9.17, 15) is 9.90 Å². The van der Waals surface area contributed by atoms with Gasteiger partial charge in [0.1, 0.15) is 11.3 Å².